The first-order chi connectivity index (χ1) is 9.29. The van der Waals surface area contributed by atoms with Crippen LogP contribution < -0.4 is 10.1 Å². The number of terminal acetylenes is 1. The van der Waals surface area contributed by atoms with Crippen molar-refractivity contribution in [2.75, 3.05) is 0 Å². The van der Waals surface area contributed by atoms with Crippen LogP contribution in [0.15, 0.2) is 18.2 Å². The van der Waals surface area contributed by atoms with Gasteiger partial charge in [0.15, 0.2) is 6.10 Å². The van der Waals surface area contributed by atoms with E-state index in [9.17, 15) is 4.79 Å². The van der Waals surface area contributed by atoms with Gasteiger partial charge in [0.1, 0.15) is 5.75 Å². The van der Waals surface area contributed by atoms with Crippen LogP contribution in [0.4, 0.5) is 0 Å². The number of hydrogen-bond acceptors (Lipinski definition) is 2. The summed E-state index contributed by atoms with van der Waals surface area (Å²) in [5.41, 5.74) is 0.230. The van der Waals surface area contributed by atoms with Crippen LogP contribution in [0.1, 0.15) is 32.8 Å². The number of benzene rings is 1. The number of carbonyl (C=O) groups is 1. The summed E-state index contributed by atoms with van der Waals surface area (Å²) < 4.78 is 5.76. The van der Waals surface area contributed by atoms with Crippen LogP contribution in [-0.2, 0) is 4.79 Å². The van der Waals surface area contributed by atoms with Gasteiger partial charge in [-0.05, 0) is 44.9 Å². The summed E-state index contributed by atoms with van der Waals surface area (Å²) in [4.78, 5) is 12.2. The van der Waals surface area contributed by atoms with Gasteiger partial charge in [-0.3, -0.25) is 4.79 Å². The number of aryl methyl sites for hydroxylation is 1. The van der Waals surface area contributed by atoms with E-state index in [0.29, 0.717) is 17.2 Å². The lowest BCUT2D eigenvalue weighted by atomic mass is 10.1. The highest BCUT2D eigenvalue weighted by molar-refractivity contribution is 6.30. The minimum absolute atomic E-state index is 0.227. The zero-order valence-electron chi connectivity index (χ0n) is 12.3. The molecule has 1 amide bonds. The standard InChI is InChI=1S/C16H20ClNO2/c1-6-13(15(19)18-16(4,5)7-2)20-14-10-12(17)9-8-11(14)3/h2,8-10,13H,6H2,1,3-5H3,(H,18,19). The van der Waals surface area contributed by atoms with Crippen molar-refractivity contribution in [3.8, 4) is 18.1 Å². The molecule has 1 rings (SSSR count). The Morgan fingerprint density at radius 1 is 1.55 bits per heavy atom. The lowest BCUT2D eigenvalue weighted by Gasteiger charge is -2.24. The van der Waals surface area contributed by atoms with Crippen LogP contribution in [0.2, 0.25) is 5.02 Å². The van der Waals surface area contributed by atoms with Gasteiger partial charge >= 0.3 is 0 Å². The summed E-state index contributed by atoms with van der Waals surface area (Å²) in [6.45, 7) is 7.32. The number of carbonyl (C=O) groups excluding carboxylic acids is 1. The Kier molecular flexibility index (Phi) is 5.47. The molecule has 1 aromatic carbocycles. The molecule has 4 heteroatoms. The van der Waals surface area contributed by atoms with Crippen LogP contribution in [0.3, 0.4) is 0 Å². The third-order valence-corrected chi connectivity index (χ3v) is 3.11. The molecule has 0 fully saturated rings. The fourth-order valence-electron chi connectivity index (χ4n) is 1.60. The van der Waals surface area contributed by atoms with Gasteiger partial charge in [0.2, 0.25) is 0 Å². The number of hydrogen-bond donors (Lipinski definition) is 1. The maximum Gasteiger partial charge on any atom is 0.262 e. The second-order valence-corrected chi connectivity index (χ2v) is 5.62. The molecule has 0 saturated carbocycles. The molecule has 20 heavy (non-hydrogen) atoms. The highest BCUT2D eigenvalue weighted by atomic mass is 35.5. The average molecular weight is 294 g/mol. The molecule has 0 aromatic heterocycles. The van der Waals surface area contributed by atoms with Gasteiger partial charge in [-0.15, -0.1) is 6.42 Å². The quantitative estimate of drug-likeness (QED) is 0.846. The van der Waals surface area contributed by atoms with E-state index in [1.807, 2.05) is 19.9 Å². The van der Waals surface area contributed by atoms with E-state index < -0.39 is 11.6 Å². The molecule has 1 unspecified atom stereocenters. The molecule has 0 aliphatic heterocycles. The maximum atomic E-state index is 12.2. The Balaban J connectivity index is 2.85. The van der Waals surface area contributed by atoms with Crippen LogP contribution in [0.25, 0.3) is 0 Å². The second-order valence-electron chi connectivity index (χ2n) is 5.18. The third-order valence-electron chi connectivity index (χ3n) is 2.88. The summed E-state index contributed by atoms with van der Waals surface area (Å²) >= 11 is 5.94. The first kappa shape index (κ1) is 16.4. The Morgan fingerprint density at radius 2 is 2.20 bits per heavy atom. The summed E-state index contributed by atoms with van der Waals surface area (Å²) in [5, 5.41) is 3.35. The van der Waals surface area contributed by atoms with Crippen molar-refractivity contribution >= 4 is 17.5 Å². The number of rotatable bonds is 5. The van der Waals surface area contributed by atoms with Crippen molar-refractivity contribution in [2.24, 2.45) is 0 Å². The zero-order chi connectivity index (χ0) is 15.3. The molecule has 0 spiro atoms. The molecule has 1 atom stereocenters. The molecule has 1 N–H and O–H groups in total. The Morgan fingerprint density at radius 3 is 2.75 bits per heavy atom. The van der Waals surface area contributed by atoms with Gasteiger partial charge in [-0.2, -0.15) is 0 Å². The Labute approximate surface area is 125 Å². The van der Waals surface area contributed by atoms with Crippen LogP contribution in [0, 0.1) is 19.3 Å². The monoisotopic (exact) mass is 293 g/mol. The van der Waals surface area contributed by atoms with E-state index in [0.717, 1.165) is 5.56 Å². The van der Waals surface area contributed by atoms with Crippen molar-refractivity contribution in [3.05, 3.63) is 28.8 Å². The topological polar surface area (TPSA) is 38.3 Å². The Bertz CT molecular complexity index is 532. The predicted molar refractivity (Wildman–Crippen MR) is 82.0 cm³/mol. The van der Waals surface area contributed by atoms with Crippen molar-refractivity contribution in [1.82, 2.24) is 5.32 Å². The van der Waals surface area contributed by atoms with Crippen molar-refractivity contribution in [1.29, 1.82) is 0 Å². The van der Waals surface area contributed by atoms with E-state index in [1.165, 1.54) is 0 Å². The van der Waals surface area contributed by atoms with Gasteiger partial charge in [-0.25, -0.2) is 0 Å². The molecule has 0 bridgehead atoms. The van der Waals surface area contributed by atoms with Crippen LogP contribution in [0.5, 0.6) is 5.75 Å². The third kappa shape index (κ3) is 4.47. The van der Waals surface area contributed by atoms with Gasteiger partial charge in [0.05, 0.1) is 5.54 Å². The van der Waals surface area contributed by atoms with Crippen molar-refractivity contribution < 1.29 is 9.53 Å². The van der Waals surface area contributed by atoms with E-state index in [1.54, 1.807) is 26.0 Å². The van der Waals surface area contributed by atoms with Gasteiger partial charge < -0.3 is 10.1 Å². The fourth-order valence-corrected chi connectivity index (χ4v) is 1.76. The summed E-state index contributed by atoms with van der Waals surface area (Å²) in [7, 11) is 0. The average Bonchev–Trinajstić information content (AvgIpc) is 2.39. The maximum absolute atomic E-state index is 12.2. The largest absolute Gasteiger partial charge is 0.480 e. The SMILES string of the molecule is C#CC(C)(C)NC(=O)C(CC)Oc1cc(Cl)ccc1C. The number of nitrogens with one attached hydrogen (secondary N) is 1. The minimum Gasteiger partial charge on any atom is -0.480 e. The van der Waals surface area contributed by atoms with E-state index in [-0.39, 0.29) is 5.91 Å². The first-order valence-electron chi connectivity index (χ1n) is 6.51. The lowest BCUT2D eigenvalue weighted by molar-refractivity contribution is -0.129. The second kappa shape index (κ2) is 6.67. The van der Waals surface area contributed by atoms with E-state index in [2.05, 4.69) is 11.2 Å². The van der Waals surface area contributed by atoms with E-state index >= 15 is 0 Å². The summed E-state index contributed by atoms with van der Waals surface area (Å²) in [5.74, 6) is 2.91. The smallest absolute Gasteiger partial charge is 0.262 e. The fraction of sp³-hybridized carbons (Fsp3) is 0.438. The first-order valence-corrected chi connectivity index (χ1v) is 6.89. The minimum atomic E-state index is -0.697. The molecular formula is C16H20ClNO2. The molecule has 0 aliphatic rings. The molecule has 3 nitrogen and oxygen atoms in total. The zero-order valence-corrected chi connectivity index (χ0v) is 13.0. The Hall–Kier alpha value is -1.66. The van der Waals surface area contributed by atoms with Crippen molar-refractivity contribution in [2.45, 2.75) is 45.8 Å². The summed E-state index contributed by atoms with van der Waals surface area (Å²) in [6, 6.07) is 5.35. The number of halogens is 1. The molecule has 0 saturated heterocycles. The normalized spacial score (nSPS) is 12.4. The number of amides is 1. The van der Waals surface area contributed by atoms with Crippen molar-refractivity contribution in [3.63, 3.8) is 0 Å². The molecule has 1 aromatic rings. The molecule has 0 aliphatic carbocycles. The predicted octanol–water partition coefficient (Wildman–Crippen LogP) is 3.33. The van der Waals surface area contributed by atoms with Gasteiger partial charge in [-0.1, -0.05) is 30.5 Å². The number of ether oxygens (including phenoxy) is 1. The van der Waals surface area contributed by atoms with Crippen LogP contribution >= 0.6 is 11.6 Å². The molecular weight excluding hydrogens is 274 g/mol. The van der Waals surface area contributed by atoms with Crippen LogP contribution in [-0.4, -0.2) is 17.6 Å². The summed E-state index contributed by atoms with van der Waals surface area (Å²) in [6.07, 6.45) is 5.31. The molecule has 0 radical (unpaired) electrons. The van der Waals surface area contributed by atoms with E-state index in [4.69, 9.17) is 22.8 Å². The molecule has 108 valence electrons. The highest BCUT2D eigenvalue weighted by Crippen LogP contribution is 2.24. The lowest BCUT2D eigenvalue weighted by Crippen LogP contribution is -2.48. The van der Waals surface area contributed by atoms with Gasteiger partial charge in [0, 0.05) is 5.02 Å². The molecule has 0 heterocycles. The van der Waals surface area contributed by atoms with Gasteiger partial charge in [0.25, 0.3) is 5.91 Å². The highest BCUT2D eigenvalue weighted by Gasteiger charge is 2.25.